The molecule has 174 valence electrons. The molecule has 0 bridgehead atoms. The van der Waals surface area contributed by atoms with E-state index in [2.05, 4.69) is 15.2 Å². The molecule has 5 rings (SSSR count). The summed E-state index contributed by atoms with van der Waals surface area (Å²) in [5.41, 5.74) is 3.92. The minimum absolute atomic E-state index is 0.107. The Bertz CT molecular complexity index is 1570. The van der Waals surface area contributed by atoms with Crippen LogP contribution in [-0.4, -0.2) is 40.0 Å². The van der Waals surface area contributed by atoms with Crippen molar-refractivity contribution >= 4 is 33.5 Å². The van der Waals surface area contributed by atoms with Gasteiger partial charge in [-0.3, -0.25) is 14.2 Å². The van der Waals surface area contributed by atoms with Crippen LogP contribution in [-0.2, 0) is 20.0 Å². The number of hydrogen-bond donors (Lipinski definition) is 2. The third-order valence-electron chi connectivity index (χ3n) is 6.03. The minimum Gasteiger partial charge on any atom is -0.390 e. The van der Waals surface area contributed by atoms with Gasteiger partial charge in [0.2, 0.25) is 0 Å². The van der Waals surface area contributed by atoms with Gasteiger partial charge in [0.05, 0.1) is 32.9 Å². The lowest BCUT2D eigenvalue weighted by Gasteiger charge is -2.17. The molecule has 5 aromatic rings. The van der Waals surface area contributed by atoms with Gasteiger partial charge < -0.3 is 5.11 Å². The second-order valence-electron chi connectivity index (χ2n) is 9.16. The second-order valence-corrected chi connectivity index (χ2v) is 9.57. The molecule has 34 heavy (non-hydrogen) atoms. The van der Waals surface area contributed by atoms with E-state index in [-0.39, 0.29) is 5.69 Å². The highest BCUT2D eigenvalue weighted by Gasteiger charge is 2.18. The standard InChI is InChI=1S/C25H25ClN6O2/c1-25(2,34)10-11-32-21-13-15(8-9-20(21)31(3)24(32)33)12-19-17(26)14-27-23(28-19)22-16-6-4-5-7-18(16)29-30-22/h4-9,13-14,34H,10-12H2,1-3H3,(H,29,30). The summed E-state index contributed by atoms with van der Waals surface area (Å²) in [6.07, 6.45) is 2.54. The Morgan fingerprint density at radius 3 is 2.74 bits per heavy atom. The lowest BCUT2D eigenvalue weighted by Crippen LogP contribution is -2.27. The van der Waals surface area contributed by atoms with E-state index >= 15 is 0 Å². The molecule has 0 aliphatic rings. The van der Waals surface area contributed by atoms with Crippen molar-refractivity contribution in [2.45, 2.75) is 38.8 Å². The summed E-state index contributed by atoms with van der Waals surface area (Å²) in [4.78, 5) is 21.9. The molecular weight excluding hydrogens is 452 g/mol. The maximum absolute atomic E-state index is 12.8. The number of rotatable bonds is 6. The molecule has 0 saturated carbocycles. The van der Waals surface area contributed by atoms with E-state index in [9.17, 15) is 9.90 Å². The van der Waals surface area contributed by atoms with E-state index in [1.807, 2.05) is 42.5 Å². The van der Waals surface area contributed by atoms with Gasteiger partial charge >= 0.3 is 5.69 Å². The predicted octanol–water partition coefficient (Wildman–Crippen LogP) is 4.08. The molecule has 2 N–H and O–H groups in total. The monoisotopic (exact) mass is 476 g/mol. The van der Waals surface area contributed by atoms with Crippen LogP contribution in [0.2, 0.25) is 5.02 Å². The Morgan fingerprint density at radius 1 is 1.15 bits per heavy atom. The average Bonchev–Trinajstić information content (AvgIpc) is 3.33. The van der Waals surface area contributed by atoms with E-state index in [4.69, 9.17) is 16.6 Å². The third-order valence-corrected chi connectivity index (χ3v) is 6.34. The number of hydrogen-bond acceptors (Lipinski definition) is 5. The number of nitrogens with one attached hydrogen (secondary N) is 1. The van der Waals surface area contributed by atoms with Crippen LogP contribution in [0.3, 0.4) is 0 Å². The predicted molar refractivity (Wildman–Crippen MR) is 133 cm³/mol. The first-order chi connectivity index (χ1) is 16.2. The summed E-state index contributed by atoms with van der Waals surface area (Å²) in [6.45, 7) is 3.91. The SMILES string of the molecule is Cn1c(=O)n(CCC(C)(C)O)c2cc(Cc3nc(-c4n[nH]c5ccccc45)ncc3Cl)ccc21. The molecular formula is C25H25ClN6O2. The normalized spacial score (nSPS) is 12.1. The number of para-hydroxylation sites is 1. The van der Waals surface area contributed by atoms with Crippen LogP contribution in [0.25, 0.3) is 33.5 Å². The molecule has 0 amide bonds. The summed E-state index contributed by atoms with van der Waals surface area (Å²) in [5, 5.41) is 19.0. The molecule has 0 spiro atoms. The van der Waals surface area contributed by atoms with Crippen molar-refractivity contribution in [3.05, 3.63) is 75.4 Å². The molecule has 3 aromatic heterocycles. The Kier molecular flexibility index (Phi) is 5.50. The van der Waals surface area contributed by atoms with E-state index in [1.54, 1.807) is 36.2 Å². The third kappa shape index (κ3) is 4.10. The number of aromatic amines is 1. The summed E-state index contributed by atoms with van der Waals surface area (Å²) >= 11 is 6.46. The van der Waals surface area contributed by atoms with Crippen molar-refractivity contribution in [2.24, 2.45) is 7.05 Å². The Hall–Kier alpha value is -3.49. The van der Waals surface area contributed by atoms with Crippen molar-refractivity contribution in [1.29, 1.82) is 0 Å². The molecule has 0 aliphatic carbocycles. The van der Waals surface area contributed by atoms with E-state index in [0.717, 1.165) is 27.5 Å². The van der Waals surface area contributed by atoms with Gasteiger partial charge in [-0.25, -0.2) is 14.8 Å². The van der Waals surface area contributed by atoms with Crippen molar-refractivity contribution in [3.8, 4) is 11.5 Å². The lowest BCUT2D eigenvalue weighted by molar-refractivity contribution is 0.0662. The highest BCUT2D eigenvalue weighted by molar-refractivity contribution is 6.31. The number of nitrogens with zero attached hydrogens (tertiary/aromatic N) is 5. The number of H-pyrrole nitrogens is 1. The molecule has 3 heterocycles. The zero-order valence-corrected chi connectivity index (χ0v) is 20.0. The number of aromatic nitrogens is 6. The molecule has 2 aromatic carbocycles. The first-order valence-electron chi connectivity index (χ1n) is 11.1. The molecule has 0 saturated heterocycles. The van der Waals surface area contributed by atoms with E-state index < -0.39 is 5.60 Å². The van der Waals surface area contributed by atoms with Crippen molar-refractivity contribution < 1.29 is 5.11 Å². The van der Waals surface area contributed by atoms with Gasteiger partial charge in [-0.2, -0.15) is 5.10 Å². The highest BCUT2D eigenvalue weighted by atomic mass is 35.5. The molecule has 0 unspecified atom stereocenters. The fraction of sp³-hybridized carbons (Fsp3) is 0.280. The van der Waals surface area contributed by atoms with Gasteiger partial charge in [0.25, 0.3) is 0 Å². The molecule has 0 fully saturated rings. The number of fused-ring (bicyclic) bond motifs is 2. The topological polar surface area (TPSA) is 102 Å². The zero-order valence-electron chi connectivity index (χ0n) is 19.2. The Balaban J connectivity index is 1.52. The maximum atomic E-state index is 12.8. The Labute approximate surface area is 200 Å². The summed E-state index contributed by atoms with van der Waals surface area (Å²) in [5.74, 6) is 0.500. The minimum atomic E-state index is -0.861. The van der Waals surface area contributed by atoms with Crippen molar-refractivity contribution in [3.63, 3.8) is 0 Å². The van der Waals surface area contributed by atoms with Crippen molar-refractivity contribution in [1.82, 2.24) is 29.3 Å². The van der Waals surface area contributed by atoms with Crippen molar-refractivity contribution in [2.75, 3.05) is 0 Å². The van der Waals surface area contributed by atoms with Gasteiger partial charge in [-0.05, 0) is 44.0 Å². The number of aliphatic hydroxyl groups is 1. The van der Waals surface area contributed by atoms with Crippen LogP contribution in [0.15, 0.2) is 53.5 Å². The number of benzene rings is 2. The van der Waals surface area contributed by atoms with Crippen LogP contribution in [0.4, 0.5) is 0 Å². The average molecular weight is 477 g/mol. The molecule has 0 radical (unpaired) electrons. The molecule has 0 atom stereocenters. The number of aryl methyl sites for hydroxylation is 2. The second kappa shape index (κ2) is 8.38. The van der Waals surface area contributed by atoms with E-state index in [0.29, 0.717) is 41.6 Å². The van der Waals surface area contributed by atoms with Crippen LogP contribution in [0.5, 0.6) is 0 Å². The van der Waals surface area contributed by atoms with Crippen LogP contribution in [0.1, 0.15) is 31.5 Å². The van der Waals surface area contributed by atoms with Gasteiger partial charge in [0.15, 0.2) is 5.82 Å². The van der Waals surface area contributed by atoms with Crippen LogP contribution in [0, 0.1) is 0 Å². The quantitative estimate of drug-likeness (QED) is 0.384. The number of halogens is 1. The zero-order chi connectivity index (χ0) is 24.0. The van der Waals surface area contributed by atoms with Gasteiger partial charge in [-0.1, -0.05) is 35.9 Å². The van der Waals surface area contributed by atoms with Gasteiger partial charge in [0, 0.05) is 31.6 Å². The summed E-state index contributed by atoms with van der Waals surface area (Å²) in [7, 11) is 1.76. The summed E-state index contributed by atoms with van der Waals surface area (Å²) < 4.78 is 3.33. The highest BCUT2D eigenvalue weighted by Crippen LogP contribution is 2.26. The molecule has 9 heteroatoms. The smallest absolute Gasteiger partial charge is 0.328 e. The van der Waals surface area contributed by atoms with Gasteiger partial charge in [-0.15, -0.1) is 0 Å². The first-order valence-corrected chi connectivity index (χ1v) is 11.4. The van der Waals surface area contributed by atoms with Crippen LogP contribution < -0.4 is 5.69 Å². The maximum Gasteiger partial charge on any atom is 0.328 e. The summed E-state index contributed by atoms with van der Waals surface area (Å²) in [6, 6.07) is 13.7. The lowest BCUT2D eigenvalue weighted by atomic mass is 10.1. The molecule has 0 aliphatic heterocycles. The van der Waals surface area contributed by atoms with Gasteiger partial charge in [0.1, 0.15) is 5.69 Å². The fourth-order valence-corrected chi connectivity index (χ4v) is 4.29. The van der Waals surface area contributed by atoms with Crippen LogP contribution >= 0.6 is 11.6 Å². The fourth-order valence-electron chi connectivity index (χ4n) is 4.14. The Morgan fingerprint density at radius 2 is 1.94 bits per heavy atom. The molecule has 8 nitrogen and oxygen atoms in total. The number of imidazole rings is 1. The van der Waals surface area contributed by atoms with E-state index in [1.165, 1.54) is 0 Å². The largest absolute Gasteiger partial charge is 0.390 e. The first kappa shape index (κ1) is 22.3.